The van der Waals surface area contributed by atoms with Crippen molar-refractivity contribution in [2.75, 3.05) is 12.4 Å². The summed E-state index contributed by atoms with van der Waals surface area (Å²) in [6.07, 6.45) is 7.72. The summed E-state index contributed by atoms with van der Waals surface area (Å²) in [4.78, 5) is 14.5. The van der Waals surface area contributed by atoms with Gasteiger partial charge in [-0.25, -0.2) is 0 Å². The fraction of sp³-hybridized carbons (Fsp3) is 0.667. The minimum atomic E-state index is -0.0174. The number of halogens is 2. The maximum atomic E-state index is 13.2. The molecule has 2 aromatic heterocycles. The average molecular weight is 481 g/mol. The first-order chi connectivity index (χ1) is 14.9. The maximum absolute atomic E-state index is 13.2. The zero-order valence-corrected chi connectivity index (χ0v) is 20.7. The Morgan fingerprint density at radius 1 is 1.32 bits per heavy atom. The molecule has 1 amide bonds. The molecule has 0 saturated heterocycles. The number of unbranched alkanes of at least 4 members (excludes halogenated alkanes) is 2. The number of aromatic nitrogens is 2. The van der Waals surface area contributed by atoms with Gasteiger partial charge in [0.05, 0.1) is 10.0 Å². The van der Waals surface area contributed by atoms with Crippen LogP contribution in [-0.4, -0.2) is 28.1 Å². The second-order valence-corrected chi connectivity index (χ2v) is 12.3. The first-order valence-electron chi connectivity index (χ1n) is 11.6. The van der Waals surface area contributed by atoms with Gasteiger partial charge in [0.25, 0.3) is 5.91 Å². The summed E-state index contributed by atoms with van der Waals surface area (Å²) in [6, 6.07) is 2.03. The van der Waals surface area contributed by atoms with Crippen molar-refractivity contribution in [1.82, 2.24) is 15.1 Å². The molecule has 2 heterocycles. The van der Waals surface area contributed by atoms with Gasteiger partial charge in [-0.3, -0.25) is 9.48 Å². The molecule has 0 radical (unpaired) electrons. The van der Waals surface area contributed by atoms with Crippen molar-refractivity contribution >= 4 is 40.4 Å². The molecule has 31 heavy (non-hydrogen) atoms. The summed E-state index contributed by atoms with van der Waals surface area (Å²) >= 11 is 13.7. The van der Waals surface area contributed by atoms with Crippen LogP contribution >= 0.6 is 34.5 Å². The molecule has 3 fully saturated rings. The van der Waals surface area contributed by atoms with Gasteiger partial charge in [-0.2, -0.15) is 5.10 Å². The van der Waals surface area contributed by atoms with Crippen molar-refractivity contribution < 1.29 is 4.79 Å². The van der Waals surface area contributed by atoms with Crippen LogP contribution in [0.15, 0.2) is 6.07 Å². The van der Waals surface area contributed by atoms with Crippen LogP contribution in [0.25, 0.3) is 11.3 Å². The summed E-state index contributed by atoms with van der Waals surface area (Å²) in [6.45, 7) is 6.38. The molecule has 0 aromatic carbocycles. The highest BCUT2D eigenvalue weighted by molar-refractivity contribution is 7.16. The van der Waals surface area contributed by atoms with E-state index in [2.05, 4.69) is 19.2 Å². The van der Waals surface area contributed by atoms with Crippen molar-refractivity contribution in [3.63, 3.8) is 0 Å². The van der Waals surface area contributed by atoms with Crippen LogP contribution in [0, 0.1) is 23.2 Å². The molecule has 168 valence electrons. The Hall–Kier alpha value is -1.04. The molecule has 0 aliphatic heterocycles. The largest absolute Gasteiger partial charge is 0.350 e. The summed E-state index contributed by atoms with van der Waals surface area (Å²) < 4.78 is 2.84. The minimum absolute atomic E-state index is 0.0174. The maximum Gasteiger partial charge on any atom is 0.272 e. The molecule has 6 rings (SSSR count). The van der Waals surface area contributed by atoms with Gasteiger partial charge in [0.1, 0.15) is 0 Å². The van der Waals surface area contributed by atoms with Crippen molar-refractivity contribution in [2.45, 2.75) is 65.3 Å². The predicted octanol–water partition coefficient (Wildman–Crippen LogP) is 6.38. The number of carbonyl (C=O) groups is 1. The highest BCUT2D eigenvalue weighted by Gasteiger charge is 2.54. The van der Waals surface area contributed by atoms with Gasteiger partial charge in [0, 0.05) is 41.4 Å². The van der Waals surface area contributed by atoms with E-state index in [1.165, 1.54) is 24.1 Å². The van der Waals surface area contributed by atoms with E-state index >= 15 is 0 Å². The smallest absolute Gasteiger partial charge is 0.272 e. The lowest BCUT2D eigenvalue weighted by atomic mass is 9.45. The lowest BCUT2D eigenvalue weighted by Crippen LogP contribution is -2.54. The van der Waals surface area contributed by atoms with Crippen molar-refractivity contribution in [1.29, 1.82) is 0 Å². The Kier molecular flexibility index (Phi) is 5.89. The van der Waals surface area contributed by atoms with Crippen molar-refractivity contribution in [3.8, 4) is 11.3 Å². The zero-order valence-electron chi connectivity index (χ0n) is 18.3. The van der Waals surface area contributed by atoms with Crippen LogP contribution < -0.4 is 5.32 Å². The van der Waals surface area contributed by atoms with Crippen molar-refractivity contribution in [2.24, 2.45) is 23.2 Å². The van der Waals surface area contributed by atoms with E-state index in [0.29, 0.717) is 22.9 Å². The second kappa shape index (κ2) is 8.39. The molecule has 3 unspecified atom stereocenters. The molecule has 7 heteroatoms. The topological polar surface area (TPSA) is 46.9 Å². The number of aryl methyl sites for hydroxylation is 1. The average Bonchev–Trinajstić information content (AvgIpc) is 3.38. The third-order valence-corrected chi connectivity index (χ3v) is 9.70. The molecule has 4 aliphatic carbocycles. The Balaban J connectivity index is 1.33. The lowest BCUT2D eigenvalue weighted by Gasteiger charge is -2.60. The van der Waals surface area contributed by atoms with Gasteiger partial charge in [-0.05, 0) is 61.3 Å². The number of nitrogens with zero attached hydrogens (tertiary/aromatic N) is 2. The van der Waals surface area contributed by atoms with E-state index in [1.807, 2.05) is 10.7 Å². The normalized spacial score (nSPS) is 25.1. The number of fused-ring (bicyclic) bond motifs is 5. The molecule has 4 aliphatic rings. The molecule has 3 saturated carbocycles. The van der Waals surface area contributed by atoms with Gasteiger partial charge < -0.3 is 5.32 Å². The van der Waals surface area contributed by atoms with E-state index in [9.17, 15) is 4.79 Å². The molecular weight excluding hydrogens is 449 g/mol. The van der Waals surface area contributed by atoms with Crippen molar-refractivity contribution in [3.05, 3.63) is 26.5 Å². The Bertz CT molecular complexity index is 993. The highest BCUT2D eigenvalue weighted by atomic mass is 35.5. The first-order valence-corrected chi connectivity index (χ1v) is 13.4. The Morgan fingerprint density at radius 2 is 2.16 bits per heavy atom. The number of thiophene rings is 1. The standard InChI is InChI=1S/C24H31Cl2N3OS/c1-24(2)15-7-6-14(18(24)10-15)13-27-23(30)21-17-11-19-16(12-20(26)31-19)22(17)29(28-21)9-5-3-4-8-25/h12,14-15,18H,3-11,13H2,1-2H3,(H,27,30). The highest BCUT2D eigenvalue weighted by Crippen LogP contribution is 2.61. The third-order valence-electron chi connectivity index (χ3n) is 8.17. The van der Waals surface area contributed by atoms with Crippen LogP contribution in [-0.2, 0) is 13.0 Å². The second-order valence-electron chi connectivity index (χ2n) is 10.1. The molecule has 2 bridgehead atoms. The number of carbonyl (C=O) groups excluding carboxylic acids is 1. The van der Waals surface area contributed by atoms with E-state index in [-0.39, 0.29) is 5.91 Å². The quantitative estimate of drug-likeness (QED) is 0.300. The van der Waals surface area contributed by atoms with Crippen LogP contribution in [0.2, 0.25) is 4.34 Å². The zero-order chi connectivity index (χ0) is 21.8. The van der Waals surface area contributed by atoms with Gasteiger partial charge in [-0.15, -0.1) is 22.9 Å². The fourth-order valence-corrected chi connectivity index (χ4v) is 7.72. The number of alkyl halides is 1. The van der Waals surface area contributed by atoms with E-state index in [0.717, 1.165) is 71.8 Å². The van der Waals surface area contributed by atoms with Crippen LogP contribution in [0.3, 0.4) is 0 Å². The van der Waals surface area contributed by atoms with Gasteiger partial charge in [-0.1, -0.05) is 31.9 Å². The van der Waals surface area contributed by atoms with Crippen LogP contribution in [0.5, 0.6) is 0 Å². The summed E-state index contributed by atoms with van der Waals surface area (Å²) in [5.41, 5.74) is 4.36. The van der Waals surface area contributed by atoms with E-state index < -0.39 is 0 Å². The first kappa shape index (κ1) is 21.8. The number of nitrogens with one attached hydrogen (secondary N) is 1. The van der Waals surface area contributed by atoms with Gasteiger partial charge in [0.15, 0.2) is 5.69 Å². The minimum Gasteiger partial charge on any atom is -0.350 e. The van der Waals surface area contributed by atoms with Gasteiger partial charge in [0.2, 0.25) is 0 Å². The molecule has 1 N–H and O–H groups in total. The fourth-order valence-electron chi connectivity index (χ4n) is 6.25. The number of hydrogen-bond donors (Lipinski definition) is 1. The molecule has 3 atom stereocenters. The molecule has 0 spiro atoms. The summed E-state index contributed by atoms with van der Waals surface area (Å²) in [7, 11) is 0. The predicted molar refractivity (Wildman–Crippen MR) is 128 cm³/mol. The molecule has 4 nitrogen and oxygen atoms in total. The summed E-state index contributed by atoms with van der Waals surface area (Å²) in [5, 5.41) is 8.05. The van der Waals surface area contributed by atoms with Crippen LogP contribution in [0.4, 0.5) is 0 Å². The molecule has 2 aromatic rings. The lowest BCUT2D eigenvalue weighted by molar-refractivity contribution is -0.103. The SMILES string of the molecule is CC1(C)C2CCC(CNC(=O)c3nn(CCCCCCl)c4c3Cc3sc(Cl)cc3-4)C1C2. The number of amides is 1. The number of rotatable bonds is 8. The third kappa shape index (κ3) is 3.75. The molecular formula is C24H31Cl2N3OS. The Morgan fingerprint density at radius 3 is 2.90 bits per heavy atom. The van der Waals surface area contributed by atoms with E-state index in [1.54, 1.807) is 11.3 Å². The number of hydrogen-bond acceptors (Lipinski definition) is 3. The van der Waals surface area contributed by atoms with Crippen LogP contribution in [0.1, 0.15) is 73.3 Å². The Labute approximate surface area is 198 Å². The monoisotopic (exact) mass is 479 g/mol. The summed E-state index contributed by atoms with van der Waals surface area (Å²) in [5.74, 6) is 2.89. The van der Waals surface area contributed by atoms with Gasteiger partial charge >= 0.3 is 0 Å². The van der Waals surface area contributed by atoms with E-state index in [4.69, 9.17) is 28.3 Å².